The second kappa shape index (κ2) is 6.45. The van der Waals surface area contributed by atoms with E-state index in [1.807, 2.05) is 42.5 Å². The van der Waals surface area contributed by atoms with Crippen LogP contribution in [0.2, 0.25) is 0 Å². The van der Waals surface area contributed by atoms with Gasteiger partial charge < -0.3 is 4.52 Å². The molecular weight excluding hydrogens is 325 g/mol. The van der Waals surface area contributed by atoms with Gasteiger partial charge in [0.25, 0.3) is 0 Å². The number of thioether (sulfide) groups is 1. The summed E-state index contributed by atoms with van der Waals surface area (Å²) in [4.78, 5) is 4.52. The van der Waals surface area contributed by atoms with Gasteiger partial charge in [0, 0.05) is 16.2 Å². The van der Waals surface area contributed by atoms with Crippen LogP contribution >= 0.6 is 11.8 Å². The third-order valence-electron chi connectivity index (χ3n) is 3.03. The van der Waals surface area contributed by atoms with Crippen molar-refractivity contribution in [2.75, 3.05) is 0 Å². The molecule has 0 unspecified atom stereocenters. The van der Waals surface area contributed by atoms with Crippen molar-refractivity contribution in [2.45, 2.75) is 16.8 Å². The van der Waals surface area contributed by atoms with Gasteiger partial charge in [-0.25, -0.2) is 0 Å². The van der Waals surface area contributed by atoms with E-state index in [0.717, 1.165) is 16.2 Å². The minimum Gasteiger partial charge on any atom is -0.329 e. The highest BCUT2D eigenvalue weighted by molar-refractivity contribution is 7.98. The van der Waals surface area contributed by atoms with Crippen LogP contribution < -0.4 is 0 Å². The van der Waals surface area contributed by atoms with Crippen molar-refractivity contribution in [1.29, 1.82) is 0 Å². The van der Waals surface area contributed by atoms with Gasteiger partial charge in [-0.2, -0.15) is 18.2 Å². The van der Waals surface area contributed by atoms with Crippen LogP contribution in [-0.2, 0) is 11.9 Å². The van der Waals surface area contributed by atoms with Crippen molar-refractivity contribution in [3.63, 3.8) is 0 Å². The highest BCUT2D eigenvalue weighted by Crippen LogP contribution is 2.29. The minimum absolute atomic E-state index is 0.0698. The van der Waals surface area contributed by atoms with Crippen LogP contribution in [0.4, 0.5) is 13.2 Å². The van der Waals surface area contributed by atoms with Crippen LogP contribution in [-0.4, -0.2) is 10.1 Å². The molecule has 0 radical (unpaired) electrons. The van der Waals surface area contributed by atoms with E-state index in [1.165, 1.54) is 0 Å². The number of alkyl halides is 3. The number of nitrogens with zero attached hydrogens (tertiary/aromatic N) is 2. The Morgan fingerprint density at radius 1 is 0.957 bits per heavy atom. The summed E-state index contributed by atoms with van der Waals surface area (Å²) in [6.45, 7) is 0. The van der Waals surface area contributed by atoms with Gasteiger partial charge >= 0.3 is 12.1 Å². The second-order valence-corrected chi connectivity index (χ2v) is 5.77. The smallest absolute Gasteiger partial charge is 0.329 e. The summed E-state index contributed by atoms with van der Waals surface area (Å²) in [7, 11) is 0. The Balaban J connectivity index is 1.68. The Morgan fingerprint density at radius 3 is 2.26 bits per heavy atom. The quantitative estimate of drug-likeness (QED) is 0.625. The lowest BCUT2D eigenvalue weighted by molar-refractivity contribution is -0.159. The molecule has 3 nitrogen and oxygen atoms in total. The molecule has 7 heteroatoms. The summed E-state index contributed by atoms with van der Waals surface area (Å²) in [6.07, 6.45) is -4.63. The molecule has 3 rings (SSSR count). The van der Waals surface area contributed by atoms with Gasteiger partial charge in [0.05, 0.1) is 0 Å². The van der Waals surface area contributed by atoms with Gasteiger partial charge in [-0.1, -0.05) is 47.6 Å². The van der Waals surface area contributed by atoms with Gasteiger partial charge in [-0.15, -0.1) is 11.8 Å². The molecular formula is C16H11F3N2OS. The highest BCUT2D eigenvalue weighted by atomic mass is 32.2. The van der Waals surface area contributed by atoms with E-state index in [0.29, 0.717) is 5.56 Å². The second-order valence-electron chi connectivity index (χ2n) is 4.72. The van der Waals surface area contributed by atoms with Crippen molar-refractivity contribution in [2.24, 2.45) is 0 Å². The first-order valence-electron chi connectivity index (χ1n) is 6.70. The van der Waals surface area contributed by atoms with Crippen molar-refractivity contribution in [3.8, 4) is 11.4 Å². The number of benzene rings is 2. The van der Waals surface area contributed by atoms with Gasteiger partial charge in [0.2, 0.25) is 5.82 Å². The summed E-state index contributed by atoms with van der Waals surface area (Å²) < 4.78 is 41.6. The Hall–Kier alpha value is -2.28. The maximum atomic E-state index is 12.4. The van der Waals surface area contributed by atoms with Crippen molar-refractivity contribution in [3.05, 3.63) is 66.1 Å². The van der Waals surface area contributed by atoms with Gasteiger partial charge in [-0.3, -0.25) is 0 Å². The number of rotatable bonds is 4. The van der Waals surface area contributed by atoms with E-state index in [4.69, 9.17) is 0 Å². The fourth-order valence-electron chi connectivity index (χ4n) is 1.89. The summed E-state index contributed by atoms with van der Waals surface area (Å²) in [5.74, 6) is -0.638. The van der Waals surface area contributed by atoms with Gasteiger partial charge in [-0.05, 0) is 17.7 Å². The zero-order chi connectivity index (χ0) is 16.3. The SMILES string of the molecule is FC(F)(F)c1nc(-c2ccc(CSc3ccccc3)cc2)no1. The molecule has 1 aromatic heterocycles. The van der Waals surface area contributed by atoms with Gasteiger partial charge in [0.1, 0.15) is 0 Å². The largest absolute Gasteiger partial charge is 0.471 e. The molecule has 118 valence electrons. The fourth-order valence-corrected chi connectivity index (χ4v) is 2.76. The van der Waals surface area contributed by atoms with Crippen LogP contribution in [0.1, 0.15) is 11.5 Å². The molecule has 2 aromatic carbocycles. The molecule has 0 fully saturated rings. The third-order valence-corrected chi connectivity index (χ3v) is 4.11. The van der Waals surface area contributed by atoms with Crippen LogP contribution in [0.15, 0.2) is 64.0 Å². The molecule has 0 bridgehead atoms. The molecule has 0 spiro atoms. The summed E-state index contributed by atoms with van der Waals surface area (Å²) >= 11 is 1.68. The molecule has 0 saturated heterocycles. The fraction of sp³-hybridized carbons (Fsp3) is 0.125. The topological polar surface area (TPSA) is 38.9 Å². The van der Waals surface area contributed by atoms with E-state index >= 15 is 0 Å². The molecule has 1 heterocycles. The lowest BCUT2D eigenvalue weighted by Gasteiger charge is -2.02. The first-order valence-corrected chi connectivity index (χ1v) is 7.69. The van der Waals surface area contributed by atoms with Crippen molar-refractivity contribution < 1.29 is 17.7 Å². The number of halogens is 3. The van der Waals surface area contributed by atoms with E-state index < -0.39 is 12.1 Å². The maximum Gasteiger partial charge on any atom is 0.471 e. The molecule has 0 aliphatic rings. The molecule has 3 aromatic rings. The van der Waals surface area contributed by atoms with Crippen molar-refractivity contribution in [1.82, 2.24) is 10.1 Å². The van der Waals surface area contributed by atoms with E-state index in [1.54, 1.807) is 23.9 Å². The maximum absolute atomic E-state index is 12.4. The molecule has 0 amide bonds. The molecule has 23 heavy (non-hydrogen) atoms. The molecule has 0 aliphatic carbocycles. The lowest BCUT2D eigenvalue weighted by Crippen LogP contribution is -2.04. The van der Waals surface area contributed by atoms with Crippen LogP contribution in [0, 0.1) is 0 Å². The average molecular weight is 336 g/mol. The number of hydrogen-bond donors (Lipinski definition) is 0. The third kappa shape index (κ3) is 3.92. The molecule has 0 aliphatic heterocycles. The standard InChI is InChI=1S/C16H11F3N2OS/c17-16(18,19)15-20-14(21-22-15)12-8-6-11(7-9-12)10-23-13-4-2-1-3-5-13/h1-9H,10H2. The van der Waals surface area contributed by atoms with E-state index in [-0.39, 0.29) is 5.82 Å². The number of aromatic nitrogens is 2. The van der Waals surface area contributed by atoms with Crippen LogP contribution in [0.25, 0.3) is 11.4 Å². The molecule has 0 N–H and O–H groups in total. The van der Waals surface area contributed by atoms with E-state index in [2.05, 4.69) is 14.7 Å². The minimum atomic E-state index is -4.63. The Labute approximate surface area is 134 Å². The predicted molar refractivity (Wildman–Crippen MR) is 80.7 cm³/mol. The predicted octanol–water partition coefficient (Wildman–Crippen LogP) is 5.05. The highest BCUT2D eigenvalue weighted by Gasteiger charge is 2.38. The summed E-state index contributed by atoms with van der Waals surface area (Å²) in [5, 5.41) is 3.36. The van der Waals surface area contributed by atoms with Crippen molar-refractivity contribution >= 4 is 11.8 Å². The van der Waals surface area contributed by atoms with Crippen LogP contribution in [0.5, 0.6) is 0 Å². The Morgan fingerprint density at radius 2 is 1.65 bits per heavy atom. The first-order chi connectivity index (χ1) is 11.0. The Bertz CT molecular complexity index is 770. The average Bonchev–Trinajstić information content (AvgIpc) is 3.05. The normalized spacial score (nSPS) is 11.6. The zero-order valence-corrected chi connectivity index (χ0v) is 12.6. The summed E-state index contributed by atoms with van der Waals surface area (Å²) in [6, 6.07) is 17.0. The Kier molecular flexibility index (Phi) is 4.38. The lowest BCUT2D eigenvalue weighted by atomic mass is 10.1. The zero-order valence-electron chi connectivity index (χ0n) is 11.7. The summed E-state index contributed by atoms with van der Waals surface area (Å²) in [5.41, 5.74) is 1.54. The monoisotopic (exact) mass is 336 g/mol. The van der Waals surface area contributed by atoms with E-state index in [9.17, 15) is 13.2 Å². The molecule has 0 atom stereocenters. The van der Waals surface area contributed by atoms with Crippen LogP contribution in [0.3, 0.4) is 0 Å². The first kappa shape index (κ1) is 15.6. The molecule has 0 saturated carbocycles. The number of hydrogen-bond acceptors (Lipinski definition) is 4. The van der Waals surface area contributed by atoms with Gasteiger partial charge in [0.15, 0.2) is 0 Å².